The monoisotopic (exact) mass is 172 g/mol. The van der Waals surface area contributed by atoms with Crippen molar-refractivity contribution in [3.8, 4) is 0 Å². The van der Waals surface area contributed by atoms with Crippen LogP contribution >= 0.6 is 7.92 Å². The van der Waals surface area contributed by atoms with Gasteiger partial charge in [-0.05, 0) is 30.8 Å². The molecule has 11 heavy (non-hydrogen) atoms. The molecule has 0 aromatic carbocycles. The molecule has 0 aliphatic heterocycles. The maximum absolute atomic E-state index is 2.38. The Balaban J connectivity index is 2.30. The normalized spacial score (nSPS) is 21.0. The molecular weight excluding hydrogens is 151 g/mol. The van der Waals surface area contributed by atoms with Crippen molar-refractivity contribution in [1.82, 2.24) is 0 Å². The lowest BCUT2D eigenvalue weighted by Gasteiger charge is -2.29. The van der Waals surface area contributed by atoms with E-state index in [9.17, 15) is 0 Å². The second-order valence-electron chi connectivity index (χ2n) is 3.51. The lowest BCUT2D eigenvalue weighted by molar-refractivity contribution is 0.510. The van der Waals surface area contributed by atoms with Gasteiger partial charge in [-0.25, -0.2) is 0 Å². The van der Waals surface area contributed by atoms with E-state index in [1.165, 1.54) is 31.6 Å². The maximum atomic E-state index is 2.38. The Labute approximate surface area is 72.5 Å². The van der Waals surface area contributed by atoms with Crippen molar-refractivity contribution in [2.75, 3.05) is 12.3 Å². The van der Waals surface area contributed by atoms with Gasteiger partial charge in [0.15, 0.2) is 0 Å². The molecule has 0 nitrogen and oxygen atoms in total. The summed E-state index contributed by atoms with van der Waals surface area (Å²) in [6.07, 6.45) is 10.6. The van der Waals surface area contributed by atoms with Crippen molar-refractivity contribution in [1.29, 1.82) is 0 Å². The molecule has 66 valence electrons. The van der Waals surface area contributed by atoms with Crippen LogP contribution < -0.4 is 0 Å². The average Bonchev–Trinajstić information content (AvgIpc) is 2.09. The molecule has 1 aliphatic carbocycles. The van der Waals surface area contributed by atoms with Crippen LogP contribution in [0.3, 0.4) is 0 Å². The molecule has 0 heterocycles. The first-order valence-corrected chi connectivity index (χ1v) is 6.90. The zero-order valence-corrected chi connectivity index (χ0v) is 8.87. The highest BCUT2D eigenvalue weighted by Gasteiger charge is 2.19. The minimum absolute atomic E-state index is 0.426. The molecule has 1 aliphatic rings. The third-order valence-corrected chi connectivity index (χ3v) is 6.08. The van der Waals surface area contributed by atoms with E-state index in [0.717, 1.165) is 5.66 Å². The minimum atomic E-state index is 0.426. The van der Waals surface area contributed by atoms with Gasteiger partial charge in [-0.1, -0.05) is 33.1 Å². The molecule has 0 aromatic rings. The van der Waals surface area contributed by atoms with Gasteiger partial charge in [-0.3, -0.25) is 0 Å². The highest BCUT2D eigenvalue weighted by Crippen LogP contribution is 2.46. The van der Waals surface area contributed by atoms with Crippen molar-refractivity contribution in [3.63, 3.8) is 0 Å². The van der Waals surface area contributed by atoms with Gasteiger partial charge in [-0.2, -0.15) is 0 Å². The van der Waals surface area contributed by atoms with Crippen molar-refractivity contribution in [3.05, 3.63) is 0 Å². The second-order valence-corrected chi connectivity index (χ2v) is 6.69. The third kappa shape index (κ3) is 2.75. The van der Waals surface area contributed by atoms with E-state index in [0.29, 0.717) is 7.92 Å². The molecule has 1 heteroatoms. The molecule has 0 aromatic heterocycles. The predicted octanol–water partition coefficient (Wildman–Crippen LogP) is 3.84. The van der Waals surface area contributed by atoms with E-state index in [4.69, 9.17) is 0 Å². The van der Waals surface area contributed by atoms with Gasteiger partial charge in [0.1, 0.15) is 0 Å². The van der Waals surface area contributed by atoms with E-state index < -0.39 is 0 Å². The smallest absolute Gasteiger partial charge is 0.0209 e. The molecule has 0 unspecified atom stereocenters. The summed E-state index contributed by atoms with van der Waals surface area (Å²) < 4.78 is 0. The summed E-state index contributed by atoms with van der Waals surface area (Å²) in [5.41, 5.74) is 1.15. The van der Waals surface area contributed by atoms with E-state index >= 15 is 0 Å². The Morgan fingerprint density at radius 1 is 1.00 bits per heavy atom. The fourth-order valence-corrected chi connectivity index (χ4v) is 4.76. The molecule has 0 atom stereocenters. The molecule has 0 radical (unpaired) electrons. The van der Waals surface area contributed by atoms with E-state index in [1.807, 2.05) is 0 Å². The number of hydrogen-bond donors (Lipinski definition) is 0. The molecule has 0 amide bonds. The van der Waals surface area contributed by atoms with Crippen LogP contribution in [-0.4, -0.2) is 18.0 Å². The van der Waals surface area contributed by atoms with Crippen LogP contribution in [0.25, 0.3) is 0 Å². The lowest BCUT2D eigenvalue weighted by atomic mass is 10.0. The molecule has 0 saturated heterocycles. The molecule has 1 rings (SSSR count). The SMILES string of the molecule is CCP(CC)C1CCCCC1. The highest BCUT2D eigenvalue weighted by atomic mass is 31.1. The van der Waals surface area contributed by atoms with Crippen LogP contribution in [0.1, 0.15) is 46.0 Å². The predicted molar refractivity (Wildman–Crippen MR) is 54.9 cm³/mol. The van der Waals surface area contributed by atoms with Gasteiger partial charge >= 0.3 is 0 Å². The summed E-state index contributed by atoms with van der Waals surface area (Å²) >= 11 is 0. The van der Waals surface area contributed by atoms with Crippen LogP contribution in [0, 0.1) is 0 Å². The topological polar surface area (TPSA) is 0 Å². The highest BCUT2D eigenvalue weighted by molar-refractivity contribution is 7.58. The first-order chi connectivity index (χ1) is 5.38. The van der Waals surface area contributed by atoms with Crippen molar-refractivity contribution in [2.24, 2.45) is 0 Å². The minimum Gasteiger partial charge on any atom is -0.104 e. The van der Waals surface area contributed by atoms with Gasteiger partial charge in [0.25, 0.3) is 0 Å². The maximum Gasteiger partial charge on any atom is -0.0209 e. The lowest BCUT2D eigenvalue weighted by Crippen LogP contribution is -2.12. The quantitative estimate of drug-likeness (QED) is 0.567. The van der Waals surface area contributed by atoms with Gasteiger partial charge in [-0.15, -0.1) is 7.92 Å². The second kappa shape index (κ2) is 5.14. The zero-order chi connectivity index (χ0) is 8.10. The summed E-state index contributed by atoms with van der Waals surface area (Å²) in [6.45, 7) is 4.76. The van der Waals surface area contributed by atoms with Gasteiger partial charge < -0.3 is 0 Å². The third-order valence-electron chi connectivity index (χ3n) is 2.90. The summed E-state index contributed by atoms with van der Waals surface area (Å²) in [6, 6.07) is 0. The first kappa shape index (κ1) is 9.52. The van der Waals surface area contributed by atoms with Crippen LogP contribution in [0.15, 0.2) is 0 Å². The Morgan fingerprint density at radius 3 is 2.00 bits per heavy atom. The van der Waals surface area contributed by atoms with Crippen molar-refractivity contribution < 1.29 is 0 Å². The fraction of sp³-hybridized carbons (Fsp3) is 1.00. The summed E-state index contributed by atoms with van der Waals surface area (Å²) in [4.78, 5) is 0. The average molecular weight is 172 g/mol. The van der Waals surface area contributed by atoms with Gasteiger partial charge in [0, 0.05) is 0 Å². The van der Waals surface area contributed by atoms with Crippen LogP contribution in [-0.2, 0) is 0 Å². The van der Waals surface area contributed by atoms with Crippen LogP contribution in [0.4, 0.5) is 0 Å². The molecule has 1 fully saturated rings. The van der Waals surface area contributed by atoms with E-state index in [-0.39, 0.29) is 0 Å². The standard InChI is InChI=1S/C10H21P/c1-3-11(4-2)10-8-6-5-7-9-10/h10H,3-9H2,1-2H3. The van der Waals surface area contributed by atoms with E-state index in [1.54, 1.807) is 12.8 Å². The number of rotatable bonds is 3. The van der Waals surface area contributed by atoms with Crippen molar-refractivity contribution >= 4 is 7.92 Å². The van der Waals surface area contributed by atoms with Crippen molar-refractivity contribution in [2.45, 2.75) is 51.6 Å². The Bertz CT molecular complexity index is 91.0. The van der Waals surface area contributed by atoms with E-state index in [2.05, 4.69) is 13.8 Å². The first-order valence-electron chi connectivity index (χ1n) is 5.12. The summed E-state index contributed by atoms with van der Waals surface area (Å²) in [7, 11) is 0.426. The molecular formula is C10H21P. The molecule has 0 N–H and O–H groups in total. The number of hydrogen-bond acceptors (Lipinski definition) is 0. The largest absolute Gasteiger partial charge is 0.104 e. The Hall–Kier alpha value is 0.430. The van der Waals surface area contributed by atoms with Gasteiger partial charge in [0.05, 0.1) is 0 Å². The fourth-order valence-electron chi connectivity index (χ4n) is 2.19. The molecule has 0 spiro atoms. The molecule has 1 saturated carbocycles. The zero-order valence-electron chi connectivity index (χ0n) is 7.97. The van der Waals surface area contributed by atoms with Gasteiger partial charge in [0.2, 0.25) is 0 Å². The summed E-state index contributed by atoms with van der Waals surface area (Å²) in [5.74, 6) is 0. The van der Waals surface area contributed by atoms with Crippen LogP contribution in [0.5, 0.6) is 0 Å². The van der Waals surface area contributed by atoms with Crippen LogP contribution in [0.2, 0.25) is 0 Å². The Morgan fingerprint density at radius 2 is 1.55 bits per heavy atom. The Kier molecular flexibility index (Phi) is 4.45. The molecule has 0 bridgehead atoms. The summed E-state index contributed by atoms with van der Waals surface area (Å²) in [5, 5.41) is 0.